The molecule has 1 amide bonds. The normalized spacial score (nSPS) is 11.6. The van der Waals surface area contributed by atoms with Gasteiger partial charge in [0.25, 0.3) is 5.91 Å². The molecule has 0 aliphatic heterocycles. The van der Waals surface area contributed by atoms with Crippen LogP contribution in [0.3, 0.4) is 0 Å². The predicted octanol–water partition coefficient (Wildman–Crippen LogP) is 0.963. The molecule has 0 rings (SSSR count). The highest BCUT2D eigenvalue weighted by molar-refractivity contribution is 5.84. The second kappa shape index (κ2) is 4.34. The van der Waals surface area contributed by atoms with Crippen LogP contribution in [0.5, 0.6) is 0 Å². The molecule has 0 saturated heterocycles. The van der Waals surface area contributed by atoms with Crippen LogP contribution in [0.2, 0.25) is 0 Å². The summed E-state index contributed by atoms with van der Waals surface area (Å²) in [6, 6.07) is 0. The molecule has 4 nitrogen and oxygen atoms in total. The Balaban J connectivity index is 4.73. The topological polar surface area (TPSA) is 57.6 Å². The molecule has 0 saturated carbocycles. The summed E-state index contributed by atoms with van der Waals surface area (Å²) in [6.07, 6.45) is -3.17. The van der Waals surface area contributed by atoms with Gasteiger partial charge in [0.05, 0.1) is 0 Å². The number of hydrogen-bond acceptors (Lipinski definition) is 2. The van der Waals surface area contributed by atoms with Gasteiger partial charge >= 0.3 is 12.4 Å². The Bertz CT molecular complexity index is 235. The van der Waals surface area contributed by atoms with Crippen molar-refractivity contribution >= 4 is 11.9 Å². The average Bonchev–Trinajstić information content (AvgIpc) is 1.96. The summed E-state index contributed by atoms with van der Waals surface area (Å²) in [4.78, 5) is 21.9. The lowest BCUT2D eigenvalue weighted by atomic mass is 10.1. The molecule has 0 fully saturated rings. The Morgan fingerprint density at radius 3 is 2.00 bits per heavy atom. The van der Waals surface area contributed by atoms with E-state index in [4.69, 9.17) is 5.11 Å². The minimum absolute atomic E-state index is 0.639. The number of aliphatic carboxylic acids is 1. The fourth-order valence-corrected chi connectivity index (χ4v) is 0.899. The maximum atomic E-state index is 12.1. The molecule has 82 valence electrons. The van der Waals surface area contributed by atoms with Crippen molar-refractivity contribution in [3.63, 3.8) is 0 Å². The number of carboxylic acids is 1. The van der Waals surface area contributed by atoms with E-state index in [9.17, 15) is 18.4 Å². The number of carbonyl (C=O) groups excluding carboxylic acids is 1. The Morgan fingerprint density at radius 1 is 1.36 bits per heavy atom. The average molecular weight is 209 g/mol. The van der Waals surface area contributed by atoms with E-state index in [1.165, 1.54) is 20.8 Å². The van der Waals surface area contributed by atoms with Crippen molar-refractivity contribution in [3.8, 4) is 0 Å². The molecule has 0 aromatic rings. The molecule has 0 atom stereocenters. The van der Waals surface area contributed by atoms with Gasteiger partial charge in [-0.2, -0.15) is 8.78 Å². The summed E-state index contributed by atoms with van der Waals surface area (Å²) < 4.78 is 24.2. The van der Waals surface area contributed by atoms with Gasteiger partial charge in [0.15, 0.2) is 0 Å². The third-order valence-corrected chi connectivity index (χ3v) is 1.56. The van der Waals surface area contributed by atoms with Crippen LogP contribution in [0, 0.1) is 0 Å². The van der Waals surface area contributed by atoms with E-state index in [2.05, 4.69) is 0 Å². The molecule has 0 radical (unpaired) electrons. The molecule has 6 heteroatoms. The first-order valence-electron chi connectivity index (χ1n) is 3.97. The van der Waals surface area contributed by atoms with Crippen molar-refractivity contribution in [1.82, 2.24) is 4.90 Å². The third kappa shape index (κ3) is 3.68. The van der Waals surface area contributed by atoms with Crippen LogP contribution in [-0.4, -0.2) is 40.4 Å². The van der Waals surface area contributed by atoms with Crippen molar-refractivity contribution in [3.05, 3.63) is 0 Å². The molecule has 0 heterocycles. The van der Waals surface area contributed by atoms with E-state index >= 15 is 0 Å². The highest BCUT2D eigenvalue weighted by Gasteiger charge is 2.33. The zero-order valence-electron chi connectivity index (χ0n) is 8.25. The van der Waals surface area contributed by atoms with Crippen molar-refractivity contribution in [2.75, 3.05) is 6.54 Å². The van der Waals surface area contributed by atoms with E-state index < -0.39 is 30.4 Å². The quantitative estimate of drug-likeness (QED) is 0.753. The molecule has 0 aliphatic carbocycles. The minimum atomic E-state index is -3.17. The van der Waals surface area contributed by atoms with Gasteiger partial charge in [0.2, 0.25) is 0 Å². The lowest BCUT2D eigenvalue weighted by molar-refractivity contribution is -0.155. The van der Waals surface area contributed by atoms with Crippen LogP contribution in [0.1, 0.15) is 20.8 Å². The molecule has 0 aliphatic rings. The number of carboxylic acid groups (broad SMARTS) is 1. The van der Waals surface area contributed by atoms with Crippen LogP contribution < -0.4 is 0 Å². The Hall–Kier alpha value is -1.20. The van der Waals surface area contributed by atoms with Crippen molar-refractivity contribution in [2.24, 2.45) is 0 Å². The smallest absolute Gasteiger partial charge is 0.323 e. The Labute approximate surface area is 80.5 Å². The first-order chi connectivity index (χ1) is 6.16. The summed E-state index contributed by atoms with van der Waals surface area (Å²) in [5.74, 6) is -2.77. The molecule has 1 N–H and O–H groups in total. The molecule has 0 spiro atoms. The van der Waals surface area contributed by atoms with Gasteiger partial charge in [-0.1, -0.05) is 0 Å². The second-order valence-electron chi connectivity index (χ2n) is 3.79. The summed E-state index contributed by atoms with van der Waals surface area (Å²) in [7, 11) is 0. The van der Waals surface area contributed by atoms with E-state index in [1.54, 1.807) is 0 Å². The van der Waals surface area contributed by atoms with Crippen molar-refractivity contribution < 1.29 is 23.5 Å². The van der Waals surface area contributed by atoms with Crippen LogP contribution in [-0.2, 0) is 9.59 Å². The van der Waals surface area contributed by atoms with E-state index in [0.29, 0.717) is 4.90 Å². The SMILES string of the molecule is CC(C)(C)N(CC(=O)O)C(=O)C(F)F. The van der Waals surface area contributed by atoms with Gasteiger partial charge < -0.3 is 10.0 Å². The van der Waals surface area contributed by atoms with E-state index in [-0.39, 0.29) is 0 Å². The molecule has 14 heavy (non-hydrogen) atoms. The zero-order chi connectivity index (χ0) is 11.5. The second-order valence-corrected chi connectivity index (χ2v) is 3.79. The van der Waals surface area contributed by atoms with Gasteiger partial charge in [-0.3, -0.25) is 9.59 Å². The van der Waals surface area contributed by atoms with E-state index in [0.717, 1.165) is 0 Å². The summed E-state index contributed by atoms with van der Waals surface area (Å²) in [5, 5.41) is 8.44. The number of halogens is 2. The lowest BCUT2D eigenvalue weighted by Crippen LogP contribution is -2.50. The monoisotopic (exact) mass is 209 g/mol. The standard InChI is InChI=1S/C8H13F2NO3/c1-8(2,3)11(4-5(12)13)7(14)6(9)10/h6H,4H2,1-3H3,(H,12,13). The molecular weight excluding hydrogens is 196 g/mol. The van der Waals surface area contributed by atoms with E-state index in [1.807, 2.05) is 0 Å². The summed E-state index contributed by atoms with van der Waals surface area (Å²) >= 11 is 0. The molecule has 0 aromatic carbocycles. The van der Waals surface area contributed by atoms with Crippen LogP contribution in [0.15, 0.2) is 0 Å². The van der Waals surface area contributed by atoms with Gasteiger partial charge in [-0.05, 0) is 20.8 Å². The molecule has 0 unspecified atom stereocenters. The highest BCUT2D eigenvalue weighted by Crippen LogP contribution is 2.15. The maximum absolute atomic E-state index is 12.1. The highest BCUT2D eigenvalue weighted by atomic mass is 19.3. The largest absolute Gasteiger partial charge is 0.480 e. The van der Waals surface area contributed by atoms with Crippen LogP contribution >= 0.6 is 0 Å². The fraction of sp³-hybridized carbons (Fsp3) is 0.750. The summed E-state index contributed by atoms with van der Waals surface area (Å²) in [6.45, 7) is 3.77. The van der Waals surface area contributed by atoms with Crippen molar-refractivity contribution in [2.45, 2.75) is 32.7 Å². The molecule has 0 aromatic heterocycles. The van der Waals surface area contributed by atoms with Gasteiger partial charge in [0.1, 0.15) is 6.54 Å². The first kappa shape index (κ1) is 12.8. The number of amides is 1. The number of hydrogen-bond donors (Lipinski definition) is 1. The first-order valence-corrected chi connectivity index (χ1v) is 3.97. The lowest BCUT2D eigenvalue weighted by Gasteiger charge is -2.33. The summed E-state index contributed by atoms with van der Waals surface area (Å²) in [5.41, 5.74) is -0.925. The maximum Gasteiger partial charge on any atom is 0.323 e. The number of carbonyl (C=O) groups is 2. The number of rotatable bonds is 3. The third-order valence-electron chi connectivity index (χ3n) is 1.56. The zero-order valence-corrected chi connectivity index (χ0v) is 8.25. The minimum Gasteiger partial charge on any atom is -0.480 e. The van der Waals surface area contributed by atoms with Crippen LogP contribution in [0.25, 0.3) is 0 Å². The number of alkyl halides is 2. The fourth-order valence-electron chi connectivity index (χ4n) is 0.899. The van der Waals surface area contributed by atoms with Crippen LogP contribution in [0.4, 0.5) is 8.78 Å². The molecule has 0 bridgehead atoms. The van der Waals surface area contributed by atoms with Gasteiger partial charge in [-0.25, -0.2) is 0 Å². The predicted molar refractivity (Wildman–Crippen MR) is 45.1 cm³/mol. The number of nitrogens with zero attached hydrogens (tertiary/aromatic N) is 1. The van der Waals surface area contributed by atoms with Crippen molar-refractivity contribution in [1.29, 1.82) is 0 Å². The van der Waals surface area contributed by atoms with Gasteiger partial charge in [0, 0.05) is 5.54 Å². The molecular formula is C8H13F2NO3. The Morgan fingerprint density at radius 2 is 1.79 bits per heavy atom. The Kier molecular flexibility index (Phi) is 3.97. The van der Waals surface area contributed by atoms with Gasteiger partial charge in [-0.15, -0.1) is 0 Å².